The van der Waals surface area contributed by atoms with Gasteiger partial charge in [0.2, 0.25) is 0 Å². The smallest absolute Gasteiger partial charge is 0.254 e. The second-order valence-corrected chi connectivity index (χ2v) is 9.02. The van der Waals surface area contributed by atoms with E-state index in [4.69, 9.17) is 0 Å². The maximum atomic E-state index is 12.6. The Morgan fingerprint density at radius 3 is 2.54 bits per heavy atom. The van der Waals surface area contributed by atoms with Crippen molar-refractivity contribution >= 4 is 5.91 Å². The summed E-state index contributed by atoms with van der Waals surface area (Å²) in [7, 11) is 0. The van der Waals surface area contributed by atoms with Crippen molar-refractivity contribution in [2.24, 2.45) is 17.8 Å². The van der Waals surface area contributed by atoms with Crippen LogP contribution in [0.5, 0.6) is 5.75 Å². The fraction of sp³-hybridized carbons (Fsp3) is 0.696. The molecule has 2 atom stereocenters. The standard InChI is InChI=1S/C23H36N2O3/c1-4-21(24-22(14-26)15(2)3)17-7-5-16(6-8-17)12-25-13-18-9-10-19(27)11-20(18)23(25)28/h9-11,15-17,21-22,24,26-27H,4-8,12-14H2,1-3H3/t16?,17?,21-,22+/m0/s1. The lowest BCUT2D eigenvalue weighted by Crippen LogP contribution is -2.47. The number of benzene rings is 1. The average Bonchev–Trinajstić information content (AvgIpc) is 2.98. The van der Waals surface area contributed by atoms with Gasteiger partial charge in [-0.2, -0.15) is 0 Å². The summed E-state index contributed by atoms with van der Waals surface area (Å²) in [5.41, 5.74) is 1.68. The van der Waals surface area contributed by atoms with Gasteiger partial charge in [0.15, 0.2) is 0 Å². The summed E-state index contributed by atoms with van der Waals surface area (Å²) in [6.07, 6.45) is 5.76. The molecule has 0 bridgehead atoms. The van der Waals surface area contributed by atoms with E-state index < -0.39 is 0 Å². The molecule has 3 N–H and O–H groups in total. The number of aromatic hydroxyl groups is 1. The van der Waals surface area contributed by atoms with Crippen LogP contribution in [0.2, 0.25) is 0 Å². The summed E-state index contributed by atoms with van der Waals surface area (Å²) in [6, 6.07) is 5.75. The molecule has 1 fully saturated rings. The van der Waals surface area contributed by atoms with E-state index in [1.807, 2.05) is 11.0 Å². The number of rotatable bonds is 8. The van der Waals surface area contributed by atoms with Gasteiger partial charge in [-0.1, -0.05) is 26.8 Å². The normalized spacial score (nSPS) is 24.5. The number of carbonyl (C=O) groups is 1. The first-order valence-electron chi connectivity index (χ1n) is 10.9. The number of fused-ring (bicyclic) bond motifs is 1. The second-order valence-electron chi connectivity index (χ2n) is 9.02. The summed E-state index contributed by atoms with van der Waals surface area (Å²) >= 11 is 0. The molecule has 1 aromatic carbocycles. The minimum Gasteiger partial charge on any atom is -0.508 e. The summed E-state index contributed by atoms with van der Waals surface area (Å²) in [4.78, 5) is 14.6. The SMILES string of the molecule is CC[C@H](N[C@H](CO)C(C)C)C1CCC(CN2Cc3ccc(O)cc3C2=O)CC1. The van der Waals surface area contributed by atoms with Crippen LogP contribution >= 0.6 is 0 Å². The van der Waals surface area contributed by atoms with Gasteiger partial charge < -0.3 is 20.4 Å². The molecule has 1 aromatic rings. The van der Waals surface area contributed by atoms with Gasteiger partial charge in [-0.05, 0) is 67.6 Å². The van der Waals surface area contributed by atoms with Crippen LogP contribution < -0.4 is 5.32 Å². The van der Waals surface area contributed by atoms with Gasteiger partial charge in [0.1, 0.15) is 5.75 Å². The largest absolute Gasteiger partial charge is 0.508 e. The van der Waals surface area contributed by atoms with Gasteiger partial charge in [0, 0.05) is 30.7 Å². The van der Waals surface area contributed by atoms with Crippen LogP contribution in [-0.2, 0) is 6.54 Å². The molecule has 28 heavy (non-hydrogen) atoms. The van der Waals surface area contributed by atoms with Crippen molar-refractivity contribution in [1.29, 1.82) is 0 Å². The van der Waals surface area contributed by atoms with Crippen LogP contribution in [-0.4, -0.2) is 46.3 Å². The Hall–Kier alpha value is -1.59. The summed E-state index contributed by atoms with van der Waals surface area (Å²) in [6.45, 7) is 8.21. The summed E-state index contributed by atoms with van der Waals surface area (Å²) < 4.78 is 0. The zero-order chi connectivity index (χ0) is 20.3. The van der Waals surface area contributed by atoms with Crippen LogP contribution in [0, 0.1) is 17.8 Å². The maximum absolute atomic E-state index is 12.6. The van der Waals surface area contributed by atoms with Crippen molar-refractivity contribution in [3.05, 3.63) is 29.3 Å². The van der Waals surface area contributed by atoms with E-state index in [9.17, 15) is 15.0 Å². The minimum absolute atomic E-state index is 0.0591. The van der Waals surface area contributed by atoms with E-state index in [1.165, 1.54) is 12.8 Å². The number of nitrogens with zero attached hydrogens (tertiary/aromatic N) is 1. The molecule has 0 aromatic heterocycles. The molecule has 0 saturated heterocycles. The molecule has 1 saturated carbocycles. The topological polar surface area (TPSA) is 72.8 Å². The van der Waals surface area contributed by atoms with Gasteiger partial charge in [-0.25, -0.2) is 0 Å². The Labute approximate surface area is 169 Å². The Morgan fingerprint density at radius 2 is 1.93 bits per heavy atom. The molecule has 5 nitrogen and oxygen atoms in total. The highest BCUT2D eigenvalue weighted by atomic mass is 16.3. The molecule has 5 heteroatoms. The maximum Gasteiger partial charge on any atom is 0.254 e. The summed E-state index contributed by atoms with van der Waals surface area (Å²) in [5.74, 6) is 1.86. The molecule has 1 aliphatic heterocycles. The molecule has 1 heterocycles. The second kappa shape index (κ2) is 9.27. The zero-order valence-corrected chi connectivity index (χ0v) is 17.5. The van der Waals surface area contributed by atoms with Crippen molar-refractivity contribution in [2.75, 3.05) is 13.2 Å². The third-order valence-electron chi connectivity index (χ3n) is 6.78. The third-order valence-corrected chi connectivity index (χ3v) is 6.78. The predicted molar refractivity (Wildman–Crippen MR) is 111 cm³/mol. The summed E-state index contributed by atoms with van der Waals surface area (Å²) in [5, 5.41) is 23.0. The lowest BCUT2D eigenvalue weighted by atomic mass is 9.77. The number of hydrogen-bond donors (Lipinski definition) is 3. The number of phenols is 1. The highest BCUT2D eigenvalue weighted by molar-refractivity contribution is 5.98. The third kappa shape index (κ3) is 4.69. The van der Waals surface area contributed by atoms with Gasteiger partial charge in [-0.3, -0.25) is 4.79 Å². The number of aliphatic hydroxyl groups is 1. The Kier molecular flexibility index (Phi) is 7.00. The van der Waals surface area contributed by atoms with Gasteiger partial charge in [0.05, 0.1) is 6.61 Å². The number of phenolic OH excluding ortho intramolecular Hbond substituents is 1. The van der Waals surface area contributed by atoms with Crippen LogP contribution in [0.1, 0.15) is 68.8 Å². The van der Waals surface area contributed by atoms with Crippen molar-refractivity contribution in [2.45, 2.75) is 71.5 Å². The van der Waals surface area contributed by atoms with Crippen molar-refractivity contribution in [1.82, 2.24) is 10.2 Å². The molecule has 0 spiro atoms. The number of nitrogens with one attached hydrogen (secondary N) is 1. The average molecular weight is 389 g/mol. The van der Waals surface area contributed by atoms with Gasteiger partial charge in [-0.15, -0.1) is 0 Å². The van der Waals surface area contributed by atoms with Gasteiger partial charge >= 0.3 is 0 Å². The molecular formula is C23H36N2O3. The number of amides is 1. The van der Waals surface area contributed by atoms with Crippen molar-refractivity contribution < 1.29 is 15.0 Å². The number of aliphatic hydroxyl groups excluding tert-OH is 1. The minimum atomic E-state index is 0.0591. The highest BCUT2D eigenvalue weighted by Gasteiger charge is 2.33. The first-order valence-corrected chi connectivity index (χ1v) is 10.9. The molecule has 1 amide bonds. The molecule has 3 rings (SSSR count). The quantitative estimate of drug-likeness (QED) is 0.637. The van der Waals surface area contributed by atoms with E-state index >= 15 is 0 Å². The van der Waals surface area contributed by atoms with E-state index in [0.29, 0.717) is 35.9 Å². The van der Waals surface area contributed by atoms with E-state index in [-0.39, 0.29) is 24.3 Å². The highest BCUT2D eigenvalue weighted by Crippen LogP contribution is 2.34. The molecule has 2 aliphatic rings. The molecule has 1 aliphatic carbocycles. The Bertz CT molecular complexity index is 668. The molecular weight excluding hydrogens is 352 g/mol. The fourth-order valence-electron chi connectivity index (χ4n) is 4.90. The number of carbonyl (C=O) groups excluding carboxylic acids is 1. The predicted octanol–water partition coefficient (Wildman–Crippen LogP) is 3.54. The molecule has 0 unspecified atom stereocenters. The van der Waals surface area contributed by atoms with Crippen LogP contribution in [0.3, 0.4) is 0 Å². The van der Waals surface area contributed by atoms with E-state index in [0.717, 1.165) is 31.4 Å². The van der Waals surface area contributed by atoms with E-state index in [1.54, 1.807) is 12.1 Å². The van der Waals surface area contributed by atoms with Crippen LogP contribution in [0.15, 0.2) is 18.2 Å². The van der Waals surface area contributed by atoms with Crippen LogP contribution in [0.4, 0.5) is 0 Å². The van der Waals surface area contributed by atoms with Crippen molar-refractivity contribution in [3.8, 4) is 5.75 Å². The lowest BCUT2D eigenvalue weighted by molar-refractivity contribution is 0.0720. The Morgan fingerprint density at radius 1 is 1.21 bits per heavy atom. The first kappa shape index (κ1) is 21.1. The molecule has 0 radical (unpaired) electrons. The zero-order valence-electron chi connectivity index (χ0n) is 17.5. The van der Waals surface area contributed by atoms with Crippen LogP contribution in [0.25, 0.3) is 0 Å². The van der Waals surface area contributed by atoms with E-state index in [2.05, 4.69) is 26.1 Å². The van der Waals surface area contributed by atoms with Crippen molar-refractivity contribution in [3.63, 3.8) is 0 Å². The lowest BCUT2D eigenvalue weighted by Gasteiger charge is -2.37. The van der Waals surface area contributed by atoms with Gasteiger partial charge in [0.25, 0.3) is 5.91 Å². The fourth-order valence-corrected chi connectivity index (χ4v) is 4.90. The molecule has 156 valence electrons. The first-order chi connectivity index (χ1) is 13.4. The number of hydrogen-bond acceptors (Lipinski definition) is 4. The Balaban J connectivity index is 1.51. The monoisotopic (exact) mass is 388 g/mol.